The standard InChI is InChI=1S/C16H22N2O/c1-4-6-10-18-16(19)14(5-2)15(17-18)13-9-7-8-12(3)11-13/h7-9,11,19H,4-6,10H2,1-3H3. The zero-order chi connectivity index (χ0) is 13.8. The van der Waals surface area contributed by atoms with Gasteiger partial charge in [-0.1, -0.05) is 44.0 Å². The van der Waals surface area contributed by atoms with Crippen molar-refractivity contribution in [2.24, 2.45) is 0 Å². The molecule has 0 aliphatic rings. The van der Waals surface area contributed by atoms with Crippen LogP contribution in [0.15, 0.2) is 24.3 Å². The smallest absolute Gasteiger partial charge is 0.213 e. The highest BCUT2D eigenvalue weighted by atomic mass is 16.3. The van der Waals surface area contributed by atoms with Crippen molar-refractivity contribution in [1.82, 2.24) is 9.78 Å². The molecule has 3 nitrogen and oxygen atoms in total. The summed E-state index contributed by atoms with van der Waals surface area (Å²) < 4.78 is 1.74. The van der Waals surface area contributed by atoms with Crippen molar-refractivity contribution in [2.45, 2.75) is 46.6 Å². The molecule has 0 amide bonds. The lowest BCUT2D eigenvalue weighted by Gasteiger charge is -2.01. The third-order valence-electron chi connectivity index (χ3n) is 3.39. The second kappa shape index (κ2) is 5.91. The van der Waals surface area contributed by atoms with Gasteiger partial charge >= 0.3 is 0 Å². The molecule has 3 heteroatoms. The van der Waals surface area contributed by atoms with Gasteiger partial charge in [0.2, 0.25) is 5.88 Å². The molecule has 0 fully saturated rings. The van der Waals surface area contributed by atoms with Crippen LogP contribution in [0.4, 0.5) is 0 Å². The van der Waals surface area contributed by atoms with Crippen LogP contribution in [0.3, 0.4) is 0 Å². The highest BCUT2D eigenvalue weighted by Crippen LogP contribution is 2.30. The van der Waals surface area contributed by atoms with Gasteiger partial charge in [0.25, 0.3) is 0 Å². The fraction of sp³-hybridized carbons (Fsp3) is 0.438. The van der Waals surface area contributed by atoms with Crippen LogP contribution in [0.5, 0.6) is 5.88 Å². The van der Waals surface area contributed by atoms with Crippen molar-refractivity contribution < 1.29 is 5.11 Å². The third-order valence-corrected chi connectivity index (χ3v) is 3.39. The van der Waals surface area contributed by atoms with Crippen molar-refractivity contribution in [2.75, 3.05) is 0 Å². The summed E-state index contributed by atoms with van der Waals surface area (Å²) in [4.78, 5) is 0. The maximum atomic E-state index is 10.3. The number of hydrogen-bond acceptors (Lipinski definition) is 2. The summed E-state index contributed by atoms with van der Waals surface area (Å²) in [6, 6.07) is 8.28. The van der Waals surface area contributed by atoms with Crippen molar-refractivity contribution in [3.8, 4) is 17.1 Å². The van der Waals surface area contributed by atoms with Gasteiger partial charge in [-0.15, -0.1) is 0 Å². The molecule has 0 saturated heterocycles. The summed E-state index contributed by atoms with van der Waals surface area (Å²) in [7, 11) is 0. The summed E-state index contributed by atoms with van der Waals surface area (Å²) in [6.45, 7) is 7.05. The second-order valence-corrected chi connectivity index (χ2v) is 4.95. The number of aromatic hydroxyl groups is 1. The molecule has 0 aliphatic heterocycles. The minimum absolute atomic E-state index is 0.326. The normalized spacial score (nSPS) is 10.9. The Morgan fingerprint density at radius 1 is 1.26 bits per heavy atom. The third kappa shape index (κ3) is 2.80. The van der Waals surface area contributed by atoms with Crippen molar-refractivity contribution in [1.29, 1.82) is 0 Å². The Hall–Kier alpha value is -1.77. The number of unbranched alkanes of at least 4 members (excludes halogenated alkanes) is 1. The quantitative estimate of drug-likeness (QED) is 0.882. The number of aromatic nitrogens is 2. The molecule has 2 rings (SSSR count). The minimum atomic E-state index is 0.326. The van der Waals surface area contributed by atoms with Gasteiger partial charge in [-0.05, 0) is 25.8 Å². The van der Waals surface area contributed by atoms with Crippen LogP contribution in [0.2, 0.25) is 0 Å². The predicted octanol–water partition coefficient (Wildman–Crippen LogP) is 3.93. The van der Waals surface area contributed by atoms with Crippen LogP contribution >= 0.6 is 0 Å². The maximum Gasteiger partial charge on any atom is 0.213 e. The number of hydrogen-bond donors (Lipinski definition) is 1. The molecular formula is C16H22N2O. The Morgan fingerprint density at radius 3 is 2.68 bits per heavy atom. The Morgan fingerprint density at radius 2 is 2.05 bits per heavy atom. The largest absolute Gasteiger partial charge is 0.493 e. The first-order valence-electron chi connectivity index (χ1n) is 7.03. The molecule has 0 bridgehead atoms. The molecule has 1 aromatic heterocycles. The molecule has 0 spiro atoms. The molecular weight excluding hydrogens is 236 g/mol. The number of rotatable bonds is 5. The Kier molecular flexibility index (Phi) is 4.25. The summed E-state index contributed by atoms with van der Waals surface area (Å²) >= 11 is 0. The molecule has 0 radical (unpaired) electrons. The van der Waals surface area contributed by atoms with Crippen molar-refractivity contribution in [3.05, 3.63) is 35.4 Å². The van der Waals surface area contributed by atoms with Crippen LogP contribution in [0.1, 0.15) is 37.8 Å². The van der Waals surface area contributed by atoms with E-state index in [0.717, 1.165) is 42.6 Å². The van der Waals surface area contributed by atoms with E-state index >= 15 is 0 Å². The average Bonchev–Trinajstić information content (AvgIpc) is 2.73. The summed E-state index contributed by atoms with van der Waals surface area (Å²) in [5, 5.41) is 14.9. The van der Waals surface area contributed by atoms with Gasteiger partial charge < -0.3 is 5.11 Å². The van der Waals surface area contributed by atoms with E-state index in [4.69, 9.17) is 0 Å². The van der Waals surface area contributed by atoms with Crippen LogP contribution in [0, 0.1) is 6.92 Å². The molecule has 0 aliphatic carbocycles. The number of nitrogens with zero attached hydrogens (tertiary/aromatic N) is 2. The van der Waals surface area contributed by atoms with Crippen molar-refractivity contribution >= 4 is 0 Å². The van der Waals surface area contributed by atoms with E-state index in [1.165, 1.54) is 5.56 Å². The van der Waals surface area contributed by atoms with Crippen LogP contribution in [-0.4, -0.2) is 14.9 Å². The van der Waals surface area contributed by atoms with Gasteiger partial charge in [0.1, 0.15) is 0 Å². The first-order valence-corrected chi connectivity index (χ1v) is 7.03. The van der Waals surface area contributed by atoms with Gasteiger partial charge in [0.15, 0.2) is 0 Å². The van der Waals surface area contributed by atoms with E-state index in [0.29, 0.717) is 5.88 Å². The van der Waals surface area contributed by atoms with E-state index in [1.54, 1.807) is 4.68 Å². The zero-order valence-corrected chi connectivity index (χ0v) is 12.0. The lowest BCUT2D eigenvalue weighted by molar-refractivity contribution is 0.390. The molecule has 102 valence electrons. The predicted molar refractivity (Wildman–Crippen MR) is 78.4 cm³/mol. The topological polar surface area (TPSA) is 38.0 Å². The lowest BCUT2D eigenvalue weighted by atomic mass is 10.0. The van der Waals surface area contributed by atoms with Crippen molar-refractivity contribution in [3.63, 3.8) is 0 Å². The van der Waals surface area contributed by atoms with E-state index in [1.807, 2.05) is 6.07 Å². The molecule has 0 atom stereocenters. The molecule has 1 aromatic carbocycles. The van der Waals surface area contributed by atoms with Gasteiger partial charge in [0.05, 0.1) is 5.69 Å². The highest BCUT2D eigenvalue weighted by Gasteiger charge is 2.16. The van der Waals surface area contributed by atoms with Gasteiger partial charge in [-0.25, -0.2) is 4.68 Å². The van der Waals surface area contributed by atoms with Crippen LogP contribution in [-0.2, 0) is 13.0 Å². The summed E-state index contributed by atoms with van der Waals surface area (Å²) in [5.41, 5.74) is 4.16. The lowest BCUT2D eigenvalue weighted by Crippen LogP contribution is -1.99. The Labute approximate surface area is 114 Å². The van der Waals surface area contributed by atoms with E-state index in [9.17, 15) is 5.11 Å². The number of aryl methyl sites for hydroxylation is 2. The van der Waals surface area contributed by atoms with Gasteiger partial charge in [0, 0.05) is 17.7 Å². The molecule has 1 N–H and O–H groups in total. The molecule has 1 heterocycles. The van der Waals surface area contributed by atoms with E-state index < -0.39 is 0 Å². The monoisotopic (exact) mass is 258 g/mol. The fourth-order valence-electron chi connectivity index (χ4n) is 2.30. The average molecular weight is 258 g/mol. The second-order valence-electron chi connectivity index (χ2n) is 4.95. The van der Waals surface area contributed by atoms with Crippen LogP contribution < -0.4 is 0 Å². The Balaban J connectivity index is 2.44. The summed E-state index contributed by atoms with van der Waals surface area (Å²) in [6.07, 6.45) is 2.92. The molecule has 2 aromatic rings. The molecule has 19 heavy (non-hydrogen) atoms. The Bertz CT molecular complexity index is 558. The number of benzene rings is 1. The molecule has 0 saturated carbocycles. The van der Waals surface area contributed by atoms with E-state index in [-0.39, 0.29) is 0 Å². The minimum Gasteiger partial charge on any atom is -0.493 e. The SMILES string of the molecule is CCCCn1nc(-c2cccc(C)c2)c(CC)c1O. The fourth-order valence-corrected chi connectivity index (χ4v) is 2.30. The highest BCUT2D eigenvalue weighted by molar-refractivity contribution is 5.66. The first kappa shape index (κ1) is 13.7. The van der Waals surface area contributed by atoms with Gasteiger partial charge in [-0.3, -0.25) is 0 Å². The summed E-state index contributed by atoms with van der Waals surface area (Å²) in [5.74, 6) is 0.326. The van der Waals surface area contributed by atoms with Gasteiger partial charge in [-0.2, -0.15) is 5.10 Å². The molecule has 0 unspecified atom stereocenters. The van der Waals surface area contributed by atoms with E-state index in [2.05, 4.69) is 44.1 Å². The first-order chi connectivity index (χ1) is 9.17. The van der Waals surface area contributed by atoms with Crippen LogP contribution in [0.25, 0.3) is 11.3 Å². The maximum absolute atomic E-state index is 10.3. The zero-order valence-electron chi connectivity index (χ0n) is 12.0.